The number of amides is 1. The number of carbonyl (C=O) groups is 1. The van der Waals surface area contributed by atoms with E-state index in [2.05, 4.69) is 26.1 Å². The fourth-order valence-electron chi connectivity index (χ4n) is 3.72. The predicted octanol–water partition coefficient (Wildman–Crippen LogP) is 3.23. The second-order valence-electron chi connectivity index (χ2n) is 8.08. The molecule has 0 aromatic heterocycles. The molecule has 0 unspecified atom stereocenters. The van der Waals surface area contributed by atoms with Crippen molar-refractivity contribution in [3.8, 4) is 0 Å². The van der Waals surface area contributed by atoms with Crippen LogP contribution in [0.5, 0.6) is 0 Å². The summed E-state index contributed by atoms with van der Waals surface area (Å²) in [5.41, 5.74) is 6.15. The second kappa shape index (κ2) is 6.05. The van der Waals surface area contributed by atoms with Gasteiger partial charge in [0.25, 0.3) is 0 Å². The molecule has 2 fully saturated rings. The molecule has 1 amide bonds. The van der Waals surface area contributed by atoms with E-state index in [0.29, 0.717) is 18.0 Å². The van der Waals surface area contributed by atoms with Crippen LogP contribution >= 0.6 is 0 Å². The van der Waals surface area contributed by atoms with Gasteiger partial charge in [-0.15, -0.1) is 0 Å². The van der Waals surface area contributed by atoms with Gasteiger partial charge >= 0.3 is 0 Å². The highest BCUT2D eigenvalue weighted by Crippen LogP contribution is 2.39. The summed E-state index contributed by atoms with van der Waals surface area (Å²) in [5, 5.41) is 3.31. The van der Waals surface area contributed by atoms with Crippen LogP contribution in [0.4, 0.5) is 0 Å². The zero-order valence-corrected chi connectivity index (χ0v) is 13.5. The van der Waals surface area contributed by atoms with Gasteiger partial charge in [-0.05, 0) is 62.7 Å². The van der Waals surface area contributed by atoms with E-state index < -0.39 is 0 Å². The molecule has 0 atom stereocenters. The molecular formula is C17H32N2O. The third kappa shape index (κ3) is 3.55. The molecule has 0 spiro atoms. The number of hydrogen-bond donors (Lipinski definition) is 2. The van der Waals surface area contributed by atoms with E-state index in [-0.39, 0.29) is 11.3 Å². The van der Waals surface area contributed by atoms with Crippen molar-refractivity contribution in [3.63, 3.8) is 0 Å². The van der Waals surface area contributed by atoms with Gasteiger partial charge in [-0.25, -0.2) is 0 Å². The van der Waals surface area contributed by atoms with E-state index in [0.717, 1.165) is 44.4 Å². The molecule has 116 valence electrons. The first-order valence-electron chi connectivity index (χ1n) is 8.38. The molecule has 3 N–H and O–H groups in total. The maximum absolute atomic E-state index is 12.7. The molecule has 3 heteroatoms. The van der Waals surface area contributed by atoms with Crippen molar-refractivity contribution in [1.29, 1.82) is 0 Å². The molecule has 20 heavy (non-hydrogen) atoms. The highest BCUT2D eigenvalue weighted by atomic mass is 16.2. The Bertz CT molecular complexity index is 333. The Labute approximate surface area is 124 Å². The Morgan fingerprint density at radius 3 is 2.15 bits per heavy atom. The number of rotatable bonds is 3. The number of carbonyl (C=O) groups excluding carboxylic acids is 1. The molecule has 0 heterocycles. The van der Waals surface area contributed by atoms with Gasteiger partial charge < -0.3 is 11.1 Å². The first-order valence-corrected chi connectivity index (χ1v) is 8.38. The second-order valence-corrected chi connectivity index (χ2v) is 8.08. The lowest BCUT2D eigenvalue weighted by Gasteiger charge is -2.40. The average Bonchev–Trinajstić information content (AvgIpc) is 2.42. The maximum Gasteiger partial charge on any atom is 0.227 e. The topological polar surface area (TPSA) is 55.1 Å². The van der Waals surface area contributed by atoms with E-state index in [4.69, 9.17) is 5.73 Å². The van der Waals surface area contributed by atoms with E-state index >= 15 is 0 Å². The Hall–Kier alpha value is -0.570. The molecule has 3 nitrogen and oxygen atoms in total. The van der Waals surface area contributed by atoms with Crippen LogP contribution < -0.4 is 11.1 Å². The smallest absolute Gasteiger partial charge is 0.227 e. The van der Waals surface area contributed by atoms with Crippen molar-refractivity contribution in [2.24, 2.45) is 22.5 Å². The Morgan fingerprint density at radius 1 is 1.10 bits per heavy atom. The minimum absolute atomic E-state index is 0.233. The standard InChI is InChI=1S/C17H32N2O/c1-13-4-10-17(12-18,11-5-13)15(20)19-14-6-8-16(2,3)9-7-14/h13-14H,4-12,18H2,1-3H3,(H,19,20). The Balaban J connectivity index is 1.90. The fourth-order valence-corrected chi connectivity index (χ4v) is 3.72. The minimum atomic E-state index is -0.278. The van der Waals surface area contributed by atoms with Crippen molar-refractivity contribution in [2.45, 2.75) is 78.2 Å². The summed E-state index contributed by atoms with van der Waals surface area (Å²) in [6.07, 6.45) is 8.88. The van der Waals surface area contributed by atoms with Crippen LogP contribution in [-0.2, 0) is 4.79 Å². The van der Waals surface area contributed by atoms with Gasteiger partial charge in [0, 0.05) is 12.6 Å². The van der Waals surface area contributed by atoms with E-state index in [1.165, 1.54) is 12.8 Å². The van der Waals surface area contributed by atoms with Crippen molar-refractivity contribution < 1.29 is 4.79 Å². The van der Waals surface area contributed by atoms with Crippen LogP contribution in [0.1, 0.15) is 72.1 Å². The van der Waals surface area contributed by atoms with Crippen LogP contribution in [0.3, 0.4) is 0 Å². The fraction of sp³-hybridized carbons (Fsp3) is 0.941. The maximum atomic E-state index is 12.7. The minimum Gasteiger partial charge on any atom is -0.353 e. The number of nitrogens with one attached hydrogen (secondary N) is 1. The molecule has 2 aliphatic carbocycles. The van der Waals surface area contributed by atoms with Crippen LogP contribution in [0.2, 0.25) is 0 Å². The monoisotopic (exact) mass is 280 g/mol. The van der Waals surface area contributed by atoms with Crippen LogP contribution in [-0.4, -0.2) is 18.5 Å². The third-order valence-electron chi connectivity index (χ3n) is 5.78. The number of hydrogen-bond acceptors (Lipinski definition) is 2. The Morgan fingerprint density at radius 2 is 1.65 bits per heavy atom. The van der Waals surface area contributed by atoms with Gasteiger partial charge in [0.05, 0.1) is 5.41 Å². The molecule has 0 saturated heterocycles. The molecule has 2 aliphatic rings. The van der Waals surface area contributed by atoms with Crippen molar-refractivity contribution in [2.75, 3.05) is 6.54 Å². The van der Waals surface area contributed by atoms with E-state index in [1.807, 2.05) is 0 Å². The first-order chi connectivity index (χ1) is 9.37. The molecule has 0 aliphatic heterocycles. The summed E-state index contributed by atoms with van der Waals surface area (Å²) >= 11 is 0. The van der Waals surface area contributed by atoms with E-state index in [1.54, 1.807) is 0 Å². The van der Waals surface area contributed by atoms with Gasteiger partial charge in [0.1, 0.15) is 0 Å². The zero-order valence-electron chi connectivity index (χ0n) is 13.5. The summed E-state index contributed by atoms with van der Waals surface area (Å²) in [5.74, 6) is 0.981. The van der Waals surface area contributed by atoms with Gasteiger partial charge in [-0.1, -0.05) is 20.8 Å². The molecule has 2 saturated carbocycles. The molecule has 0 aromatic carbocycles. The van der Waals surface area contributed by atoms with Gasteiger partial charge in [0.15, 0.2) is 0 Å². The van der Waals surface area contributed by atoms with Crippen LogP contribution in [0.15, 0.2) is 0 Å². The third-order valence-corrected chi connectivity index (χ3v) is 5.78. The van der Waals surface area contributed by atoms with Crippen molar-refractivity contribution in [1.82, 2.24) is 5.32 Å². The molecule has 2 rings (SSSR count). The van der Waals surface area contributed by atoms with Crippen molar-refractivity contribution >= 4 is 5.91 Å². The average molecular weight is 280 g/mol. The highest BCUT2D eigenvalue weighted by molar-refractivity contribution is 5.83. The predicted molar refractivity (Wildman–Crippen MR) is 83.3 cm³/mol. The lowest BCUT2D eigenvalue weighted by atomic mass is 9.69. The van der Waals surface area contributed by atoms with Crippen LogP contribution in [0, 0.1) is 16.7 Å². The highest BCUT2D eigenvalue weighted by Gasteiger charge is 2.41. The lowest BCUT2D eigenvalue weighted by molar-refractivity contribution is -0.134. The lowest BCUT2D eigenvalue weighted by Crippen LogP contribution is -2.51. The quantitative estimate of drug-likeness (QED) is 0.834. The summed E-state index contributed by atoms with van der Waals surface area (Å²) < 4.78 is 0. The summed E-state index contributed by atoms with van der Waals surface area (Å²) in [6, 6.07) is 0.373. The normalized spacial score (nSPS) is 34.7. The Kier molecular flexibility index (Phi) is 4.78. The molecule has 0 bridgehead atoms. The summed E-state index contributed by atoms with van der Waals surface area (Å²) in [6.45, 7) is 7.44. The molecule has 0 radical (unpaired) electrons. The number of nitrogens with two attached hydrogens (primary N) is 1. The largest absolute Gasteiger partial charge is 0.353 e. The van der Waals surface area contributed by atoms with Gasteiger partial charge in [0.2, 0.25) is 5.91 Å². The summed E-state index contributed by atoms with van der Waals surface area (Å²) in [4.78, 5) is 12.7. The SMILES string of the molecule is CC1CCC(CN)(C(=O)NC2CCC(C)(C)CC2)CC1. The first kappa shape index (κ1) is 15.8. The van der Waals surface area contributed by atoms with Gasteiger partial charge in [-0.2, -0.15) is 0 Å². The zero-order chi connectivity index (χ0) is 14.8. The van der Waals surface area contributed by atoms with E-state index in [9.17, 15) is 4.79 Å². The molecule has 0 aromatic rings. The van der Waals surface area contributed by atoms with Crippen LogP contribution in [0.25, 0.3) is 0 Å². The van der Waals surface area contributed by atoms with Gasteiger partial charge in [-0.3, -0.25) is 4.79 Å². The molecular weight excluding hydrogens is 248 g/mol. The van der Waals surface area contributed by atoms with Crippen molar-refractivity contribution in [3.05, 3.63) is 0 Å². The summed E-state index contributed by atoms with van der Waals surface area (Å²) in [7, 11) is 0.